The van der Waals surface area contributed by atoms with Gasteiger partial charge in [-0.25, -0.2) is 14.6 Å². The quantitative estimate of drug-likeness (QED) is 0.284. The van der Waals surface area contributed by atoms with E-state index in [0.717, 1.165) is 35.6 Å². The molecule has 2 N–H and O–H groups in total. The summed E-state index contributed by atoms with van der Waals surface area (Å²) in [6.45, 7) is 10.7. The SMILES string of the molecule is CCCNc1nc(SCC)nc2c1cnn2CCNC(=O)c1ccc(OCC)c(OCC)c1. The number of benzene rings is 1. The summed E-state index contributed by atoms with van der Waals surface area (Å²) in [5.74, 6) is 2.69. The molecule has 9 nitrogen and oxygen atoms in total. The summed E-state index contributed by atoms with van der Waals surface area (Å²) in [4.78, 5) is 22.0. The average Bonchev–Trinajstić information content (AvgIpc) is 3.22. The van der Waals surface area contributed by atoms with E-state index in [9.17, 15) is 4.79 Å². The number of hydrogen-bond acceptors (Lipinski definition) is 8. The molecular formula is C23H32N6O3S. The first kappa shape index (κ1) is 24.6. The Morgan fingerprint density at radius 3 is 2.58 bits per heavy atom. The Morgan fingerprint density at radius 1 is 1.06 bits per heavy atom. The molecule has 0 saturated heterocycles. The topological polar surface area (TPSA) is 103 Å². The van der Waals surface area contributed by atoms with Gasteiger partial charge in [0, 0.05) is 18.7 Å². The van der Waals surface area contributed by atoms with Crippen molar-refractivity contribution in [2.24, 2.45) is 0 Å². The van der Waals surface area contributed by atoms with Crippen LogP contribution < -0.4 is 20.1 Å². The van der Waals surface area contributed by atoms with E-state index in [2.05, 4.69) is 39.5 Å². The van der Waals surface area contributed by atoms with Crippen LogP contribution >= 0.6 is 11.8 Å². The molecule has 0 saturated carbocycles. The number of carbonyl (C=O) groups is 1. The minimum atomic E-state index is -0.183. The van der Waals surface area contributed by atoms with Gasteiger partial charge >= 0.3 is 0 Å². The third-order valence-electron chi connectivity index (χ3n) is 4.71. The van der Waals surface area contributed by atoms with Crippen LogP contribution in [0.3, 0.4) is 0 Å². The molecule has 1 aromatic carbocycles. The molecule has 3 rings (SSSR count). The number of amides is 1. The van der Waals surface area contributed by atoms with E-state index in [0.29, 0.717) is 48.5 Å². The first-order chi connectivity index (χ1) is 16.1. The summed E-state index contributed by atoms with van der Waals surface area (Å²) in [6.07, 6.45) is 2.77. The summed E-state index contributed by atoms with van der Waals surface area (Å²) in [5, 5.41) is 12.4. The monoisotopic (exact) mass is 472 g/mol. The van der Waals surface area contributed by atoms with Gasteiger partial charge in [0.2, 0.25) is 0 Å². The Morgan fingerprint density at radius 2 is 1.85 bits per heavy atom. The molecule has 0 aliphatic rings. The number of thioether (sulfide) groups is 1. The fraction of sp³-hybridized carbons (Fsp3) is 0.478. The molecule has 10 heteroatoms. The number of nitrogens with zero attached hydrogens (tertiary/aromatic N) is 4. The van der Waals surface area contributed by atoms with Crippen molar-refractivity contribution in [2.75, 3.05) is 37.4 Å². The van der Waals surface area contributed by atoms with Gasteiger partial charge in [0.05, 0.1) is 31.3 Å². The number of aromatic nitrogens is 4. The molecule has 0 atom stereocenters. The molecule has 3 aromatic rings. The molecule has 1 amide bonds. The Balaban J connectivity index is 1.71. The van der Waals surface area contributed by atoms with Gasteiger partial charge in [0.1, 0.15) is 5.82 Å². The summed E-state index contributed by atoms with van der Waals surface area (Å²) in [7, 11) is 0. The number of carbonyl (C=O) groups excluding carboxylic acids is 1. The molecule has 0 radical (unpaired) electrons. The van der Waals surface area contributed by atoms with E-state index in [-0.39, 0.29) is 5.91 Å². The van der Waals surface area contributed by atoms with Crippen LogP contribution in [0.15, 0.2) is 29.6 Å². The average molecular weight is 473 g/mol. The Labute approximate surface area is 198 Å². The highest BCUT2D eigenvalue weighted by molar-refractivity contribution is 7.99. The molecule has 33 heavy (non-hydrogen) atoms. The lowest BCUT2D eigenvalue weighted by Gasteiger charge is -2.12. The van der Waals surface area contributed by atoms with Crippen LogP contribution in [0.1, 0.15) is 44.5 Å². The van der Waals surface area contributed by atoms with Gasteiger partial charge in [-0.3, -0.25) is 4.79 Å². The van der Waals surface area contributed by atoms with Crippen molar-refractivity contribution in [3.05, 3.63) is 30.0 Å². The Hall–Kier alpha value is -3.01. The van der Waals surface area contributed by atoms with Crippen molar-refractivity contribution in [3.63, 3.8) is 0 Å². The fourth-order valence-corrected chi connectivity index (χ4v) is 3.81. The smallest absolute Gasteiger partial charge is 0.251 e. The minimum Gasteiger partial charge on any atom is -0.490 e. The van der Waals surface area contributed by atoms with Crippen molar-refractivity contribution >= 4 is 34.5 Å². The largest absolute Gasteiger partial charge is 0.490 e. The van der Waals surface area contributed by atoms with Crippen LogP contribution in [0.25, 0.3) is 11.0 Å². The molecule has 2 heterocycles. The number of fused-ring (bicyclic) bond motifs is 1. The van der Waals surface area contributed by atoms with Crippen molar-refractivity contribution in [3.8, 4) is 11.5 Å². The van der Waals surface area contributed by atoms with Crippen LogP contribution in [0.2, 0.25) is 0 Å². The Kier molecular flexibility index (Phi) is 9.17. The first-order valence-corrected chi connectivity index (χ1v) is 12.4. The third kappa shape index (κ3) is 6.28. The fourth-order valence-electron chi connectivity index (χ4n) is 3.24. The first-order valence-electron chi connectivity index (χ1n) is 11.4. The van der Waals surface area contributed by atoms with E-state index in [4.69, 9.17) is 9.47 Å². The van der Waals surface area contributed by atoms with E-state index in [1.165, 1.54) is 0 Å². The van der Waals surface area contributed by atoms with Crippen molar-refractivity contribution in [1.82, 2.24) is 25.1 Å². The zero-order chi connectivity index (χ0) is 23.6. The summed E-state index contributed by atoms with van der Waals surface area (Å²) < 4.78 is 13.0. The van der Waals surface area contributed by atoms with Crippen LogP contribution in [0.4, 0.5) is 5.82 Å². The van der Waals surface area contributed by atoms with Gasteiger partial charge in [-0.15, -0.1) is 0 Å². The number of rotatable bonds is 13. The van der Waals surface area contributed by atoms with Crippen LogP contribution in [-0.2, 0) is 6.54 Å². The Bertz CT molecular complexity index is 1070. The lowest BCUT2D eigenvalue weighted by molar-refractivity contribution is 0.0951. The number of anilines is 1. The summed E-state index contributed by atoms with van der Waals surface area (Å²) >= 11 is 1.59. The zero-order valence-corrected chi connectivity index (χ0v) is 20.5. The second-order valence-electron chi connectivity index (χ2n) is 7.10. The third-order valence-corrected chi connectivity index (χ3v) is 5.44. The van der Waals surface area contributed by atoms with Crippen molar-refractivity contribution < 1.29 is 14.3 Å². The van der Waals surface area contributed by atoms with Gasteiger partial charge in [0.25, 0.3) is 5.91 Å². The van der Waals surface area contributed by atoms with E-state index in [1.807, 2.05) is 13.8 Å². The molecule has 178 valence electrons. The van der Waals surface area contributed by atoms with Gasteiger partial charge in [-0.2, -0.15) is 5.10 Å². The van der Waals surface area contributed by atoms with Crippen molar-refractivity contribution in [1.29, 1.82) is 0 Å². The lowest BCUT2D eigenvalue weighted by atomic mass is 10.2. The minimum absolute atomic E-state index is 0.183. The molecule has 0 bridgehead atoms. The zero-order valence-electron chi connectivity index (χ0n) is 19.7. The maximum Gasteiger partial charge on any atom is 0.251 e. The molecule has 2 aromatic heterocycles. The van der Waals surface area contributed by atoms with Gasteiger partial charge < -0.3 is 20.1 Å². The predicted octanol–water partition coefficient (Wildman–Crippen LogP) is 3.99. The molecule has 0 fully saturated rings. The number of ether oxygens (including phenoxy) is 2. The van der Waals surface area contributed by atoms with Gasteiger partial charge in [0.15, 0.2) is 22.3 Å². The highest BCUT2D eigenvalue weighted by Crippen LogP contribution is 2.28. The second-order valence-corrected chi connectivity index (χ2v) is 8.33. The maximum atomic E-state index is 12.7. The van der Waals surface area contributed by atoms with Crippen molar-refractivity contribution in [2.45, 2.75) is 45.8 Å². The molecule has 0 unspecified atom stereocenters. The molecular weight excluding hydrogens is 440 g/mol. The van der Waals surface area contributed by atoms with E-state index >= 15 is 0 Å². The summed E-state index contributed by atoms with van der Waals surface area (Å²) in [5.41, 5.74) is 1.27. The van der Waals surface area contributed by atoms with Gasteiger partial charge in [-0.05, 0) is 44.2 Å². The predicted molar refractivity (Wildman–Crippen MR) is 132 cm³/mol. The second kappa shape index (κ2) is 12.3. The molecule has 0 spiro atoms. The highest BCUT2D eigenvalue weighted by Gasteiger charge is 2.14. The van der Waals surface area contributed by atoms with Crippen LogP contribution in [-0.4, -0.2) is 57.7 Å². The maximum absolute atomic E-state index is 12.7. The van der Waals surface area contributed by atoms with E-state index < -0.39 is 0 Å². The standard InChI is InChI=1S/C23H32N6O3S/c1-5-11-24-20-17-15-26-29(21(17)28-23(27-20)33-8-4)13-12-25-22(30)16-9-10-18(31-6-2)19(14-16)32-7-3/h9-10,14-15H,5-8,11-13H2,1-4H3,(H,25,30)(H,24,27,28). The van der Waals surface area contributed by atoms with Crippen LogP contribution in [0.5, 0.6) is 11.5 Å². The molecule has 0 aliphatic carbocycles. The number of nitrogens with one attached hydrogen (secondary N) is 2. The highest BCUT2D eigenvalue weighted by atomic mass is 32.2. The number of hydrogen-bond donors (Lipinski definition) is 2. The van der Waals surface area contributed by atoms with Gasteiger partial charge in [-0.1, -0.05) is 25.6 Å². The lowest BCUT2D eigenvalue weighted by Crippen LogP contribution is -2.27. The van der Waals surface area contributed by atoms with Crippen LogP contribution in [0, 0.1) is 0 Å². The van der Waals surface area contributed by atoms with E-state index in [1.54, 1.807) is 40.8 Å². The molecule has 0 aliphatic heterocycles. The summed E-state index contributed by atoms with van der Waals surface area (Å²) in [6, 6.07) is 5.21. The normalized spacial score (nSPS) is 10.9.